The second-order valence-corrected chi connectivity index (χ2v) is 21.0. The number of anilines is 1. The van der Waals surface area contributed by atoms with E-state index in [1.54, 1.807) is 5.38 Å². The predicted molar refractivity (Wildman–Crippen MR) is 189 cm³/mol. The lowest BCUT2D eigenvalue weighted by atomic mass is 9.79. The van der Waals surface area contributed by atoms with Crippen LogP contribution in [0.1, 0.15) is 55.5 Å². The monoisotopic (exact) mass is 744 g/mol. The zero-order valence-corrected chi connectivity index (χ0v) is 31.4. The molecule has 4 atom stereocenters. The Balaban J connectivity index is 1.34. The van der Waals surface area contributed by atoms with Crippen molar-refractivity contribution in [2.24, 2.45) is 17.6 Å². The SMILES string of the molecule is C[C@@H](O[Si](C)(C)C(C)(C)C)[C@H]1C(=O)N2C(C(=O)OC(=O)c3ccc([N+](=O)[O-])cc3)=C(SC3CN(c4nc(C(=O)NCC(N)=O)cs4)C3)[C@H](C)[C@H]12. The summed E-state index contributed by atoms with van der Waals surface area (Å²) in [6.07, 6.45) is -0.408. The molecular weight excluding hydrogens is 705 g/mol. The first kappa shape index (κ1) is 37.1. The van der Waals surface area contributed by atoms with Crippen LogP contribution in [-0.2, 0) is 23.5 Å². The molecule has 3 amide bonds. The second kappa shape index (κ2) is 13.9. The number of nitrogens with zero attached hydrogens (tertiary/aromatic N) is 4. The van der Waals surface area contributed by atoms with Crippen LogP contribution in [0.2, 0.25) is 18.1 Å². The lowest BCUT2D eigenvalue weighted by Gasteiger charge is -2.50. The van der Waals surface area contributed by atoms with Gasteiger partial charge < -0.3 is 30.0 Å². The number of hydrogen-bond acceptors (Lipinski definition) is 13. The topological polar surface area (TPSA) is 204 Å². The number of hydrogen-bond donors (Lipinski definition) is 2. The van der Waals surface area contributed by atoms with Crippen molar-refractivity contribution in [1.82, 2.24) is 15.2 Å². The Labute approximate surface area is 298 Å². The summed E-state index contributed by atoms with van der Waals surface area (Å²) < 4.78 is 11.9. The number of amides is 3. The zero-order chi connectivity index (χ0) is 36.9. The number of rotatable bonds is 12. The Kier molecular flexibility index (Phi) is 10.3. The highest BCUT2D eigenvalue weighted by molar-refractivity contribution is 8.03. The number of thioether (sulfide) groups is 1. The van der Waals surface area contributed by atoms with Gasteiger partial charge in [-0.2, -0.15) is 0 Å². The fourth-order valence-electron chi connectivity index (χ4n) is 5.90. The zero-order valence-electron chi connectivity index (χ0n) is 28.8. The summed E-state index contributed by atoms with van der Waals surface area (Å²) in [5, 5.41) is 15.6. The van der Waals surface area contributed by atoms with Gasteiger partial charge in [-0.05, 0) is 37.2 Å². The van der Waals surface area contributed by atoms with Gasteiger partial charge in [-0.15, -0.1) is 23.1 Å². The Hall–Kier alpha value is -4.13. The van der Waals surface area contributed by atoms with Crippen molar-refractivity contribution in [3.8, 4) is 0 Å². The molecule has 0 saturated carbocycles. The highest BCUT2D eigenvalue weighted by atomic mass is 32.2. The van der Waals surface area contributed by atoms with E-state index in [9.17, 15) is 34.1 Å². The maximum atomic E-state index is 13.8. The van der Waals surface area contributed by atoms with Crippen LogP contribution in [0.4, 0.5) is 10.8 Å². The molecule has 1 aromatic carbocycles. The number of fused-ring (bicyclic) bond motifs is 1. The average Bonchev–Trinajstić information content (AvgIpc) is 3.58. The minimum Gasteiger partial charge on any atom is -0.413 e. The van der Waals surface area contributed by atoms with Gasteiger partial charge >= 0.3 is 11.9 Å². The third-order valence-corrected chi connectivity index (χ3v) is 16.6. The van der Waals surface area contributed by atoms with Crippen LogP contribution < -0.4 is 16.0 Å². The van der Waals surface area contributed by atoms with E-state index in [1.807, 2.05) is 18.7 Å². The number of esters is 2. The van der Waals surface area contributed by atoms with E-state index < -0.39 is 49.0 Å². The largest absolute Gasteiger partial charge is 0.413 e. The molecule has 2 saturated heterocycles. The summed E-state index contributed by atoms with van der Waals surface area (Å²) in [4.78, 5) is 82.7. The number of aromatic nitrogens is 1. The van der Waals surface area contributed by atoms with Gasteiger partial charge in [-0.1, -0.05) is 27.7 Å². The fourth-order valence-corrected chi connectivity index (χ4v) is 9.67. The molecule has 3 aliphatic heterocycles. The summed E-state index contributed by atoms with van der Waals surface area (Å²) in [5.41, 5.74) is 5.02. The van der Waals surface area contributed by atoms with Crippen molar-refractivity contribution in [3.63, 3.8) is 0 Å². The molecule has 3 aliphatic rings. The van der Waals surface area contributed by atoms with Crippen LogP contribution in [0.25, 0.3) is 0 Å². The molecule has 3 N–H and O–H groups in total. The van der Waals surface area contributed by atoms with Crippen LogP contribution in [0.5, 0.6) is 0 Å². The van der Waals surface area contributed by atoms with E-state index in [2.05, 4.69) is 44.2 Å². The van der Waals surface area contributed by atoms with Crippen molar-refractivity contribution >= 4 is 71.9 Å². The van der Waals surface area contributed by atoms with Gasteiger partial charge in [0.25, 0.3) is 11.6 Å². The van der Waals surface area contributed by atoms with Gasteiger partial charge in [0.15, 0.2) is 13.4 Å². The molecule has 2 aromatic rings. The van der Waals surface area contributed by atoms with Crippen molar-refractivity contribution < 1.29 is 38.1 Å². The number of carbonyl (C=O) groups is 5. The van der Waals surface area contributed by atoms with E-state index in [4.69, 9.17) is 14.9 Å². The van der Waals surface area contributed by atoms with Gasteiger partial charge in [0.1, 0.15) is 11.4 Å². The van der Waals surface area contributed by atoms with Crippen molar-refractivity contribution in [1.29, 1.82) is 0 Å². The van der Waals surface area contributed by atoms with Crippen molar-refractivity contribution in [2.75, 3.05) is 24.5 Å². The molecule has 5 rings (SSSR count). The third kappa shape index (κ3) is 7.19. The molecule has 0 bridgehead atoms. The summed E-state index contributed by atoms with van der Waals surface area (Å²) in [5.74, 6) is -4.19. The maximum absolute atomic E-state index is 13.8. The number of carbonyl (C=O) groups excluding carboxylic acids is 5. The van der Waals surface area contributed by atoms with E-state index in [1.165, 1.54) is 40.1 Å². The molecule has 0 radical (unpaired) electrons. The minimum atomic E-state index is -2.24. The molecule has 18 heteroatoms. The molecule has 4 heterocycles. The number of primary amides is 1. The van der Waals surface area contributed by atoms with Crippen LogP contribution in [-0.4, -0.2) is 89.8 Å². The molecule has 0 spiro atoms. The summed E-state index contributed by atoms with van der Waals surface area (Å²) >= 11 is 2.72. The second-order valence-electron chi connectivity index (χ2n) is 14.1. The van der Waals surface area contributed by atoms with Crippen LogP contribution >= 0.6 is 23.1 Å². The quantitative estimate of drug-likeness (QED) is 0.0798. The van der Waals surface area contributed by atoms with Gasteiger partial charge in [0, 0.05) is 46.7 Å². The Bertz CT molecular complexity index is 1770. The molecule has 1 aromatic heterocycles. The van der Waals surface area contributed by atoms with Crippen LogP contribution in [0.15, 0.2) is 40.2 Å². The summed E-state index contributed by atoms with van der Waals surface area (Å²) in [7, 11) is -2.24. The highest BCUT2D eigenvalue weighted by Gasteiger charge is 2.62. The summed E-state index contributed by atoms with van der Waals surface area (Å²) in [6.45, 7) is 15.2. The minimum absolute atomic E-state index is 0.00943. The first-order chi connectivity index (χ1) is 23.3. The average molecular weight is 745 g/mol. The smallest absolute Gasteiger partial charge is 0.363 e. The number of benzene rings is 1. The number of nitrogens with two attached hydrogens (primary N) is 1. The first-order valence-electron chi connectivity index (χ1n) is 16.0. The van der Waals surface area contributed by atoms with Gasteiger partial charge in [-0.25, -0.2) is 14.6 Å². The predicted octanol–water partition coefficient (Wildman–Crippen LogP) is 3.67. The number of ether oxygens (including phenoxy) is 1. The summed E-state index contributed by atoms with van der Waals surface area (Å²) in [6, 6.07) is 4.32. The number of nitrogens with one attached hydrogen (secondary N) is 1. The maximum Gasteiger partial charge on any atom is 0.363 e. The standard InChI is InChI=1S/C32H40N6O9S2Si/c1-16-24-23(17(2)47-50(6,7)32(3,4)5)28(41)37(24)25(30(43)46-29(42)18-8-10-19(11-9-18)38(44)45)26(16)49-20-13-36(14-20)31-35-21(15-48-31)27(40)34-12-22(33)39/h8-11,15-17,20,23-24H,12-14H2,1-7H3,(H2,33,39)(H,34,40)/t16-,17-,23-,24-/m1/s1. The first-order valence-corrected chi connectivity index (χ1v) is 20.7. The van der Waals surface area contributed by atoms with E-state index in [-0.39, 0.29) is 57.3 Å². The fraction of sp³-hybridized carbons (Fsp3) is 0.500. The van der Waals surface area contributed by atoms with Crippen LogP contribution in [0, 0.1) is 22.0 Å². The molecule has 50 heavy (non-hydrogen) atoms. The van der Waals surface area contributed by atoms with Crippen molar-refractivity contribution in [2.45, 2.75) is 70.1 Å². The van der Waals surface area contributed by atoms with Gasteiger partial charge in [0.05, 0.1) is 35.1 Å². The van der Waals surface area contributed by atoms with Crippen molar-refractivity contribution in [3.05, 3.63) is 61.6 Å². The normalized spacial score (nSPS) is 21.3. The Morgan fingerprint density at radius 1 is 1.18 bits per heavy atom. The number of non-ortho nitro benzene ring substituents is 1. The number of β-lactam (4-membered cyclic amide) rings is 1. The Morgan fingerprint density at radius 2 is 1.82 bits per heavy atom. The molecule has 0 unspecified atom stereocenters. The van der Waals surface area contributed by atoms with Crippen LogP contribution in [0.3, 0.4) is 0 Å². The molecule has 268 valence electrons. The lowest BCUT2D eigenvalue weighted by molar-refractivity contribution is -0.384. The van der Waals surface area contributed by atoms with Gasteiger partial charge in [0.2, 0.25) is 11.8 Å². The molecule has 0 aliphatic carbocycles. The third-order valence-electron chi connectivity index (χ3n) is 9.63. The van der Waals surface area contributed by atoms with E-state index in [0.29, 0.717) is 23.1 Å². The number of thiazole rings is 1. The Morgan fingerprint density at radius 3 is 2.40 bits per heavy atom. The van der Waals surface area contributed by atoms with E-state index in [0.717, 1.165) is 12.1 Å². The molecule has 2 fully saturated rings. The van der Waals surface area contributed by atoms with E-state index >= 15 is 0 Å². The molecular formula is C32H40N6O9S2Si. The number of nitro benzene ring substituents is 1. The highest BCUT2D eigenvalue weighted by Crippen LogP contribution is 2.53. The van der Waals surface area contributed by atoms with Gasteiger partial charge in [-0.3, -0.25) is 24.5 Å². The number of nitro groups is 1. The molecule has 15 nitrogen and oxygen atoms in total. The lowest BCUT2D eigenvalue weighted by Crippen LogP contribution is -2.65.